The summed E-state index contributed by atoms with van der Waals surface area (Å²) in [6, 6.07) is 18.9. The van der Waals surface area contributed by atoms with E-state index in [1.165, 1.54) is 0 Å². The Kier molecular flexibility index (Phi) is 5.94. The fourth-order valence-corrected chi connectivity index (χ4v) is 3.18. The SMILES string of the molecule is CCOC(=O)c1c(C)c(C)n(Cc2ccccc2)c1NC(=O)c1ccccc1. The van der Waals surface area contributed by atoms with Crippen LogP contribution in [0.1, 0.15) is 44.5 Å². The number of amides is 1. The number of nitrogens with zero attached hydrogens (tertiary/aromatic N) is 1. The van der Waals surface area contributed by atoms with Crippen LogP contribution in [0.4, 0.5) is 5.82 Å². The van der Waals surface area contributed by atoms with E-state index in [1.54, 1.807) is 31.2 Å². The summed E-state index contributed by atoms with van der Waals surface area (Å²) in [5.74, 6) is -0.234. The molecule has 0 atom stereocenters. The van der Waals surface area contributed by atoms with E-state index >= 15 is 0 Å². The summed E-state index contributed by atoms with van der Waals surface area (Å²) < 4.78 is 7.21. The van der Waals surface area contributed by atoms with Crippen molar-refractivity contribution >= 4 is 17.7 Å². The van der Waals surface area contributed by atoms with Crippen molar-refractivity contribution in [2.24, 2.45) is 0 Å². The number of rotatable bonds is 6. The molecule has 0 aliphatic rings. The Morgan fingerprint density at radius 2 is 1.57 bits per heavy atom. The molecular formula is C23H24N2O3. The van der Waals surface area contributed by atoms with Gasteiger partial charge in [0, 0.05) is 17.8 Å². The number of carbonyl (C=O) groups is 2. The van der Waals surface area contributed by atoms with E-state index in [4.69, 9.17) is 4.74 Å². The first-order valence-corrected chi connectivity index (χ1v) is 9.30. The maximum atomic E-state index is 12.8. The van der Waals surface area contributed by atoms with Gasteiger partial charge in [0.15, 0.2) is 0 Å². The van der Waals surface area contributed by atoms with E-state index in [0.717, 1.165) is 16.8 Å². The fourth-order valence-electron chi connectivity index (χ4n) is 3.18. The van der Waals surface area contributed by atoms with E-state index in [1.807, 2.05) is 54.8 Å². The van der Waals surface area contributed by atoms with Crippen molar-refractivity contribution in [1.82, 2.24) is 4.57 Å². The first-order valence-electron chi connectivity index (χ1n) is 9.30. The Hall–Kier alpha value is -3.34. The molecule has 1 aromatic heterocycles. The monoisotopic (exact) mass is 376 g/mol. The molecule has 144 valence electrons. The highest BCUT2D eigenvalue weighted by atomic mass is 16.5. The Bertz CT molecular complexity index is 976. The summed E-state index contributed by atoms with van der Waals surface area (Å²) >= 11 is 0. The smallest absolute Gasteiger partial charge is 0.342 e. The van der Waals surface area contributed by atoms with Gasteiger partial charge in [-0.15, -0.1) is 0 Å². The molecule has 0 saturated heterocycles. The van der Waals surface area contributed by atoms with Crippen LogP contribution in [0.3, 0.4) is 0 Å². The number of hydrogen-bond donors (Lipinski definition) is 1. The zero-order valence-electron chi connectivity index (χ0n) is 16.4. The lowest BCUT2D eigenvalue weighted by molar-refractivity contribution is 0.0527. The largest absolute Gasteiger partial charge is 0.462 e. The Morgan fingerprint density at radius 1 is 0.964 bits per heavy atom. The van der Waals surface area contributed by atoms with Gasteiger partial charge in [-0.05, 0) is 44.0 Å². The van der Waals surface area contributed by atoms with Crippen molar-refractivity contribution < 1.29 is 14.3 Å². The predicted octanol–water partition coefficient (Wildman–Crippen LogP) is 4.58. The summed E-state index contributed by atoms with van der Waals surface area (Å²) in [6.07, 6.45) is 0. The molecule has 0 saturated carbocycles. The van der Waals surface area contributed by atoms with Gasteiger partial charge >= 0.3 is 5.97 Å². The molecular weight excluding hydrogens is 352 g/mol. The normalized spacial score (nSPS) is 10.5. The van der Waals surface area contributed by atoms with Crippen molar-refractivity contribution in [2.75, 3.05) is 11.9 Å². The van der Waals surface area contributed by atoms with Gasteiger partial charge in [-0.25, -0.2) is 4.79 Å². The highest BCUT2D eigenvalue weighted by Gasteiger charge is 2.26. The molecule has 3 aromatic rings. The molecule has 0 fully saturated rings. The summed E-state index contributed by atoms with van der Waals surface area (Å²) in [6.45, 7) is 6.40. The highest BCUT2D eigenvalue weighted by Crippen LogP contribution is 2.29. The zero-order valence-corrected chi connectivity index (χ0v) is 16.4. The van der Waals surface area contributed by atoms with Gasteiger partial charge in [-0.3, -0.25) is 4.79 Å². The Morgan fingerprint density at radius 3 is 2.18 bits per heavy atom. The van der Waals surface area contributed by atoms with Crippen LogP contribution < -0.4 is 5.32 Å². The standard InChI is InChI=1S/C23H24N2O3/c1-4-28-23(27)20-16(2)17(3)25(15-18-11-7-5-8-12-18)21(20)24-22(26)19-13-9-6-10-14-19/h5-14H,4,15H2,1-3H3,(H,24,26). The lowest BCUT2D eigenvalue weighted by Crippen LogP contribution is -2.19. The summed E-state index contributed by atoms with van der Waals surface area (Å²) in [4.78, 5) is 25.4. The van der Waals surface area contributed by atoms with Gasteiger partial charge < -0.3 is 14.6 Å². The van der Waals surface area contributed by atoms with Crippen molar-refractivity contribution in [1.29, 1.82) is 0 Å². The van der Waals surface area contributed by atoms with Crippen LogP contribution in [0.15, 0.2) is 60.7 Å². The molecule has 0 aliphatic heterocycles. The summed E-state index contributed by atoms with van der Waals surface area (Å²) in [5.41, 5.74) is 3.72. The van der Waals surface area contributed by atoms with Gasteiger partial charge in [-0.2, -0.15) is 0 Å². The number of benzene rings is 2. The maximum absolute atomic E-state index is 12.8. The van der Waals surface area contributed by atoms with E-state index < -0.39 is 5.97 Å². The molecule has 2 aromatic carbocycles. The fraction of sp³-hybridized carbons (Fsp3) is 0.217. The number of anilines is 1. The number of hydrogen-bond acceptors (Lipinski definition) is 3. The maximum Gasteiger partial charge on any atom is 0.342 e. The van der Waals surface area contributed by atoms with Crippen molar-refractivity contribution in [3.05, 3.63) is 88.6 Å². The molecule has 5 nitrogen and oxygen atoms in total. The van der Waals surface area contributed by atoms with E-state index in [-0.39, 0.29) is 12.5 Å². The topological polar surface area (TPSA) is 60.3 Å². The van der Waals surface area contributed by atoms with Crippen LogP contribution in [-0.2, 0) is 11.3 Å². The lowest BCUT2D eigenvalue weighted by Gasteiger charge is -2.14. The number of aromatic nitrogens is 1. The van der Waals surface area contributed by atoms with Gasteiger partial charge in [0.05, 0.1) is 6.61 Å². The minimum atomic E-state index is -0.432. The first kappa shape index (κ1) is 19.4. The van der Waals surface area contributed by atoms with Gasteiger partial charge in [0.25, 0.3) is 5.91 Å². The van der Waals surface area contributed by atoms with Crippen molar-refractivity contribution in [2.45, 2.75) is 27.3 Å². The first-order chi connectivity index (χ1) is 13.5. The van der Waals surface area contributed by atoms with Crippen LogP contribution in [0, 0.1) is 13.8 Å². The highest BCUT2D eigenvalue weighted by molar-refractivity contribution is 6.08. The molecule has 5 heteroatoms. The molecule has 1 amide bonds. The van der Waals surface area contributed by atoms with Crippen LogP contribution in [0.2, 0.25) is 0 Å². The van der Waals surface area contributed by atoms with Crippen LogP contribution in [-0.4, -0.2) is 23.1 Å². The molecule has 3 rings (SSSR count). The summed E-state index contributed by atoms with van der Waals surface area (Å²) in [7, 11) is 0. The van der Waals surface area contributed by atoms with Crippen molar-refractivity contribution in [3.63, 3.8) is 0 Å². The second kappa shape index (κ2) is 8.57. The predicted molar refractivity (Wildman–Crippen MR) is 110 cm³/mol. The average Bonchev–Trinajstić information content (AvgIpc) is 2.94. The van der Waals surface area contributed by atoms with Crippen LogP contribution >= 0.6 is 0 Å². The van der Waals surface area contributed by atoms with E-state index in [0.29, 0.717) is 23.5 Å². The molecule has 1 N–H and O–H groups in total. The van der Waals surface area contributed by atoms with E-state index in [9.17, 15) is 9.59 Å². The number of ether oxygens (including phenoxy) is 1. The number of esters is 1. The third-order valence-corrected chi connectivity index (χ3v) is 4.76. The minimum Gasteiger partial charge on any atom is -0.462 e. The quantitative estimate of drug-likeness (QED) is 0.641. The van der Waals surface area contributed by atoms with Crippen LogP contribution in [0.5, 0.6) is 0 Å². The molecule has 0 aliphatic carbocycles. The van der Waals surface area contributed by atoms with Crippen LogP contribution in [0.25, 0.3) is 0 Å². The molecule has 1 heterocycles. The molecule has 0 radical (unpaired) electrons. The summed E-state index contributed by atoms with van der Waals surface area (Å²) in [5, 5.41) is 2.94. The lowest BCUT2D eigenvalue weighted by atomic mass is 10.1. The van der Waals surface area contributed by atoms with Gasteiger partial charge in [0.1, 0.15) is 11.4 Å². The van der Waals surface area contributed by atoms with E-state index in [2.05, 4.69) is 5.32 Å². The third kappa shape index (κ3) is 3.98. The molecule has 0 unspecified atom stereocenters. The third-order valence-electron chi connectivity index (χ3n) is 4.76. The van der Waals surface area contributed by atoms with Crippen molar-refractivity contribution in [3.8, 4) is 0 Å². The van der Waals surface area contributed by atoms with Gasteiger partial charge in [-0.1, -0.05) is 48.5 Å². The number of nitrogens with one attached hydrogen (secondary N) is 1. The van der Waals surface area contributed by atoms with Gasteiger partial charge in [0.2, 0.25) is 0 Å². The Balaban J connectivity index is 2.06. The average molecular weight is 376 g/mol. The number of carbonyl (C=O) groups excluding carboxylic acids is 2. The molecule has 0 bridgehead atoms. The minimum absolute atomic E-state index is 0.266. The zero-order chi connectivity index (χ0) is 20.1. The Labute approximate surface area is 165 Å². The second-order valence-corrected chi connectivity index (χ2v) is 6.55. The molecule has 28 heavy (non-hydrogen) atoms. The molecule has 0 spiro atoms. The second-order valence-electron chi connectivity index (χ2n) is 6.55.